The van der Waals surface area contributed by atoms with Crippen molar-refractivity contribution in [3.8, 4) is 0 Å². The summed E-state index contributed by atoms with van der Waals surface area (Å²) in [5, 5.41) is 6.17. The van der Waals surface area contributed by atoms with Crippen molar-refractivity contribution in [2.24, 2.45) is 0 Å². The molecule has 7 nitrogen and oxygen atoms in total. The van der Waals surface area contributed by atoms with Crippen molar-refractivity contribution in [2.75, 3.05) is 30.3 Å². The lowest BCUT2D eigenvalue weighted by molar-refractivity contribution is 0.583. The minimum absolute atomic E-state index is 0.261. The number of nitrogens with one attached hydrogen (secondary N) is 3. The van der Waals surface area contributed by atoms with Crippen LogP contribution in [-0.2, 0) is 16.4 Å². The van der Waals surface area contributed by atoms with Gasteiger partial charge in [-0.3, -0.25) is 0 Å². The van der Waals surface area contributed by atoms with Gasteiger partial charge in [0.25, 0.3) is 0 Å². The molecule has 1 heterocycles. The van der Waals surface area contributed by atoms with Crippen molar-refractivity contribution in [1.82, 2.24) is 14.7 Å². The molecule has 0 fully saturated rings. The summed E-state index contributed by atoms with van der Waals surface area (Å²) < 4.78 is 27.1. The van der Waals surface area contributed by atoms with E-state index in [9.17, 15) is 8.42 Å². The number of hydrogen-bond donors (Lipinski definition) is 3. The molecule has 0 saturated carbocycles. The Labute approximate surface area is 149 Å². The van der Waals surface area contributed by atoms with Gasteiger partial charge in [-0.1, -0.05) is 19.1 Å². The lowest BCUT2D eigenvalue weighted by Gasteiger charge is -2.10. The van der Waals surface area contributed by atoms with Gasteiger partial charge in [0, 0.05) is 31.4 Å². The summed E-state index contributed by atoms with van der Waals surface area (Å²) in [5.74, 6) is 1.22. The van der Waals surface area contributed by atoms with Gasteiger partial charge in [-0.15, -0.1) is 0 Å². The van der Waals surface area contributed by atoms with Crippen LogP contribution in [0, 0.1) is 6.92 Å². The number of aromatic nitrogens is 2. The Morgan fingerprint density at radius 3 is 2.36 bits per heavy atom. The predicted octanol–water partition coefficient (Wildman–Crippen LogP) is 2.17. The number of nitrogens with zero attached hydrogens (tertiary/aromatic N) is 2. The highest BCUT2D eigenvalue weighted by molar-refractivity contribution is 7.89. The smallest absolute Gasteiger partial charge is 0.240 e. The highest BCUT2D eigenvalue weighted by atomic mass is 32.2. The Morgan fingerprint density at radius 1 is 1.00 bits per heavy atom. The fraction of sp³-hybridized carbons (Fsp3) is 0.412. The normalized spacial score (nSPS) is 11.3. The predicted molar refractivity (Wildman–Crippen MR) is 100 cm³/mol. The first kappa shape index (κ1) is 19.1. The SMILES string of the molecule is CCNc1nc(C)cc(NCCNS(=O)(=O)c2ccc(CC)cc2)n1. The van der Waals surface area contributed by atoms with Crippen LogP contribution in [0.15, 0.2) is 35.2 Å². The first-order valence-electron chi connectivity index (χ1n) is 8.36. The Hall–Kier alpha value is -2.19. The number of anilines is 2. The summed E-state index contributed by atoms with van der Waals surface area (Å²) >= 11 is 0. The van der Waals surface area contributed by atoms with Gasteiger partial charge in [0.15, 0.2) is 0 Å². The zero-order valence-corrected chi connectivity index (χ0v) is 15.7. The summed E-state index contributed by atoms with van der Waals surface area (Å²) in [4.78, 5) is 8.87. The topological polar surface area (TPSA) is 96.0 Å². The van der Waals surface area contributed by atoms with Crippen LogP contribution in [-0.4, -0.2) is 38.0 Å². The van der Waals surface area contributed by atoms with E-state index in [0.717, 1.165) is 24.2 Å². The molecular weight excluding hydrogens is 338 g/mol. The molecule has 0 saturated heterocycles. The maximum Gasteiger partial charge on any atom is 0.240 e. The molecule has 0 aliphatic carbocycles. The van der Waals surface area contributed by atoms with E-state index in [1.54, 1.807) is 12.1 Å². The molecule has 136 valence electrons. The van der Waals surface area contributed by atoms with Crippen LogP contribution in [0.1, 0.15) is 25.1 Å². The zero-order chi connectivity index (χ0) is 18.3. The van der Waals surface area contributed by atoms with Crippen LogP contribution < -0.4 is 15.4 Å². The number of rotatable bonds is 9. The number of benzene rings is 1. The average Bonchev–Trinajstić information content (AvgIpc) is 2.59. The molecule has 1 aromatic carbocycles. The summed E-state index contributed by atoms with van der Waals surface area (Å²) in [6.45, 7) is 7.31. The molecule has 8 heteroatoms. The second-order valence-corrected chi connectivity index (χ2v) is 7.34. The molecule has 25 heavy (non-hydrogen) atoms. The summed E-state index contributed by atoms with van der Waals surface area (Å²) in [6.07, 6.45) is 0.880. The standard InChI is InChI=1S/C17H25N5O2S/c1-4-14-6-8-15(9-7-14)25(23,24)20-11-10-19-16-12-13(3)21-17(22-16)18-5-2/h6-9,12,20H,4-5,10-11H2,1-3H3,(H2,18,19,21,22). The third kappa shape index (κ3) is 5.68. The van der Waals surface area contributed by atoms with Crippen LogP contribution in [0.2, 0.25) is 0 Å². The van der Waals surface area contributed by atoms with E-state index < -0.39 is 10.0 Å². The van der Waals surface area contributed by atoms with Crippen LogP contribution >= 0.6 is 0 Å². The third-order valence-electron chi connectivity index (χ3n) is 3.55. The lowest BCUT2D eigenvalue weighted by Crippen LogP contribution is -2.29. The highest BCUT2D eigenvalue weighted by Gasteiger charge is 2.12. The molecule has 0 bridgehead atoms. The Morgan fingerprint density at radius 2 is 1.72 bits per heavy atom. The van der Waals surface area contributed by atoms with Gasteiger partial charge < -0.3 is 10.6 Å². The number of aryl methyl sites for hydroxylation is 2. The van der Waals surface area contributed by atoms with Crippen molar-refractivity contribution in [3.63, 3.8) is 0 Å². The lowest BCUT2D eigenvalue weighted by atomic mass is 10.2. The van der Waals surface area contributed by atoms with E-state index in [1.807, 2.05) is 39.0 Å². The van der Waals surface area contributed by atoms with Crippen molar-refractivity contribution in [1.29, 1.82) is 0 Å². The highest BCUT2D eigenvalue weighted by Crippen LogP contribution is 2.11. The van der Waals surface area contributed by atoms with Crippen LogP contribution in [0.3, 0.4) is 0 Å². The number of sulfonamides is 1. The van der Waals surface area contributed by atoms with Crippen LogP contribution in [0.5, 0.6) is 0 Å². The summed E-state index contributed by atoms with van der Waals surface area (Å²) in [5.41, 5.74) is 1.95. The first-order valence-corrected chi connectivity index (χ1v) is 9.85. The molecule has 0 aliphatic rings. The Balaban J connectivity index is 1.89. The Kier molecular flexibility index (Phi) is 6.72. The maximum atomic E-state index is 12.3. The second kappa shape index (κ2) is 8.77. The molecule has 0 atom stereocenters. The maximum absolute atomic E-state index is 12.3. The van der Waals surface area contributed by atoms with E-state index >= 15 is 0 Å². The zero-order valence-electron chi connectivity index (χ0n) is 14.8. The van der Waals surface area contributed by atoms with Gasteiger partial charge in [-0.2, -0.15) is 4.98 Å². The number of hydrogen-bond acceptors (Lipinski definition) is 6. The largest absolute Gasteiger partial charge is 0.369 e. The van der Waals surface area contributed by atoms with Gasteiger partial charge >= 0.3 is 0 Å². The molecule has 0 unspecified atom stereocenters. The van der Waals surface area contributed by atoms with Crippen molar-refractivity contribution < 1.29 is 8.42 Å². The van der Waals surface area contributed by atoms with Crippen molar-refractivity contribution in [2.45, 2.75) is 32.1 Å². The second-order valence-electron chi connectivity index (χ2n) is 5.57. The third-order valence-corrected chi connectivity index (χ3v) is 5.03. The molecule has 0 amide bonds. The molecule has 1 aromatic heterocycles. The van der Waals surface area contributed by atoms with Crippen molar-refractivity contribution >= 4 is 21.8 Å². The molecule has 0 aliphatic heterocycles. The molecule has 0 spiro atoms. The van der Waals surface area contributed by atoms with E-state index in [4.69, 9.17) is 0 Å². The van der Waals surface area contributed by atoms with Crippen molar-refractivity contribution in [3.05, 3.63) is 41.6 Å². The van der Waals surface area contributed by atoms with Gasteiger partial charge in [0.1, 0.15) is 5.82 Å². The summed E-state index contributed by atoms with van der Waals surface area (Å²) in [6, 6.07) is 8.74. The molecular formula is C17H25N5O2S. The van der Waals surface area contributed by atoms with E-state index in [1.165, 1.54) is 0 Å². The fourth-order valence-corrected chi connectivity index (χ4v) is 3.29. The van der Waals surface area contributed by atoms with E-state index in [-0.39, 0.29) is 11.4 Å². The van der Waals surface area contributed by atoms with Crippen LogP contribution in [0.25, 0.3) is 0 Å². The minimum atomic E-state index is -3.50. The van der Waals surface area contributed by atoms with Gasteiger partial charge in [-0.05, 0) is 38.0 Å². The first-order chi connectivity index (χ1) is 11.9. The monoisotopic (exact) mass is 363 g/mol. The van der Waals surface area contributed by atoms with Gasteiger partial charge in [0.2, 0.25) is 16.0 Å². The minimum Gasteiger partial charge on any atom is -0.369 e. The average molecular weight is 363 g/mol. The van der Waals surface area contributed by atoms with Crippen LogP contribution in [0.4, 0.5) is 11.8 Å². The molecule has 3 N–H and O–H groups in total. The van der Waals surface area contributed by atoms with Gasteiger partial charge in [0.05, 0.1) is 4.90 Å². The Bertz CT molecular complexity index is 791. The molecule has 2 rings (SSSR count). The molecule has 2 aromatic rings. The van der Waals surface area contributed by atoms with E-state index in [2.05, 4.69) is 25.3 Å². The fourth-order valence-electron chi connectivity index (χ4n) is 2.26. The molecule has 0 radical (unpaired) electrons. The quantitative estimate of drug-likeness (QED) is 0.591. The van der Waals surface area contributed by atoms with E-state index in [0.29, 0.717) is 18.3 Å². The summed E-state index contributed by atoms with van der Waals surface area (Å²) in [7, 11) is -3.50. The van der Waals surface area contributed by atoms with Gasteiger partial charge in [-0.25, -0.2) is 18.1 Å².